The molecule has 1 atom stereocenters. The molecule has 0 amide bonds. The average Bonchev–Trinajstić information content (AvgIpc) is 2.34. The fourth-order valence-electron chi connectivity index (χ4n) is 1.72. The number of hydrogen-bond donors (Lipinski definition) is 1. The highest BCUT2D eigenvalue weighted by Crippen LogP contribution is 2.25. The molecule has 0 aliphatic heterocycles. The van der Waals surface area contributed by atoms with Crippen molar-refractivity contribution in [3.8, 4) is 0 Å². The van der Waals surface area contributed by atoms with Gasteiger partial charge < -0.3 is 5.11 Å². The maximum absolute atomic E-state index is 13.0. The van der Waals surface area contributed by atoms with Crippen LogP contribution in [0.3, 0.4) is 0 Å². The van der Waals surface area contributed by atoms with E-state index in [1.165, 1.54) is 12.1 Å². The molecule has 0 bridgehead atoms. The molecule has 1 unspecified atom stereocenters. The maximum Gasteiger partial charge on any atom is 0.123 e. The fraction of sp³-hybridized carbons (Fsp3) is 0.143. The molecule has 0 radical (unpaired) electrons. The molecule has 2 aromatic carbocycles. The monoisotopic (exact) mass is 284 g/mol. The SMILES string of the molecule is OC(Cc1ccc(Cl)c(Cl)c1)c1cccc(F)c1. The molecule has 4 heteroatoms. The summed E-state index contributed by atoms with van der Waals surface area (Å²) in [5.41, 5.74) is 1.39. The van der Waals surface area contributed by atoms with Crippen LogP contribution in [0.2, 0.25) is 10.0 Å². The first kappa shape index (κ1) is 13.3. The van der Waals surface area contributed by atoms with Gasteiger partial charge in [-0.25, -0.2) is 4.39 Å². The van der Waals surface area contributed by atoms with E-state index in [0.717, 1.165) is 5.56 Å². The number of aliphatic hydroxyl groups is 1. The first-order valence-electron chi connectivity index (χ1n) is 5.44. The Morgan fingerprint density at radius 3 is 2.50 bits per heavy atom. The van der Waals surface area contributed by atoms with E-state index in [0.29, 0.717) is 22.0 Å². The number of rotatable bonds is 3. The standard InChI is InChI=1S/C14H11Cl2FO/c15-12-5-4-9(6-13(12)16)7-14(18)10-2-1-3-11(17)8-10/h1-6,8,14,18H,7H2. The molecular weight excluding hydrogens is 274 g/mol. The predicted molar refractivity (Wildman–Crippen MR) is 71.5 cm³/mol. The van der Waals surface area contributed by atoms with E-state index < -0.39 is 6.10 Å². The van der Waals surface area contributed by atoms with Crippen LogP contribution in [0, 0.1) is 5.82 Å². The molecule has 2 rings (SSSR count). The van der Waals surface area contributed by atoms with Crippen LogP contribution in [0.15, 0.2) is 42.5 Å². The molecular formula is C14H11Cl2FO. The summed E-state index contributed by atoms with van der Waals surface area (Å²) in [5.74, 6) is -0.360. The van der Waals surface area contributed by atoms with Gasteiger partial charge in [0.1, 0.15) is 5.82 Å². The van der Waals surface area contributed by atoms with E-state index in [1.807, 2.05) is 0 Å². The third kappa shape index (κ3) is 3.22. The van der Waals surface area contributed by atoms with Crippen molar-refractivity contribution in [1.29, 1.82) is 0 Å². The molecule has 2 aromatic rings. The van der Waals surface area contributed by atoms with Crippen molar-refractivity contribution < 1.29 is 9.50 Å². The Balaban J connectivity index is 2.16. The molecule has 0 fully saturated rings. The summed E-state index contributed by atoms with van der Waals surface area (Å²) >= 11 is 11.7. The summed E-state index contributed by atoms with van der Waals surface area (Å²) < 4.78 is 13.0. The fourth-order valence-corrected chi connectivity index (χ4v) is 2.04. The smallest absolute Gasteiger partial charge is 0.123 e. The van der Waals surface area contributed by atoms with Gasteiger partial charge in [0.25, 0.3) is 0 Å². The zero-order valence-corrected chi connectivity index (χ0v) is 10.9. The van der Waals surface area contributed by atoms with Gasteiger partial charge in [-0.15, -0.1) is 0 Å². The first-order valence-corrected chi connectivity index (χ1v) is 6.19. The normalized spacial score (nSPS) is 12.4. The van der Waals surface area contributed by atoms with Crippen molar-refractivity contribution in [1.82, 2.24) is 0 Å². The van der Waals surface area contributed by atoms with E-state index >= 15 is 0 Å². The van der Waals surface area contributed by atoms with Crippen molar-refractivity contribution in [3.63, 3.8) is 0 Å². The van der Waals surface area contributed by atoms with Crippen LogP contribution < -0.4 is 0 Å². The molecule has 94 valence electrons. The molecule has 1 nitrogen and oxygen atoms in total. The quantitative estimate of drug-likeness (QED) is 0.885. The lowest BCUT2D eigenvalue weighted by molar-refractivity contribution is 0.178. The Hall–Kier alpha value is -1.09. The van der Waals surface area contributed by atoms with Crippen LogP contribution in [-0.4, -0.2) is 5.11 Å². The first-order chi connectivity index (χ1) is 8.56. The minimum Gasteiger partial charge on any atom is -0.388 e. The van der Waals surface area contributed by atoms with E-state index in [-0.39, 0.29) is 5.82 Å². The summed E-state index contributed by atoms with van der Waals surface area (Å²) in [6, 6.07) is 11.1. The molecule has 0 heterocycles. The molecule has 0 saturated carbocycles. The minimum atomic E-state index is -0.766. The summed E-state index contributed by atoms with van der Waals surface area (Å²) in [7, 11) is 0. The third-order valence-corrected chi connectivity index (χ3v) is 3.39. The van der Waals surface area contributed by atoms with Crippen molar-refractivity contribution in [3.05, 3.63) is 69.5 Å². The van der Waals surface area contributed by atoms with Crippen molar-refractivity contribution in [2.24, 2.45) is 0 Å². The molecule has 0 aliphatic rings. The Kier molecular flexibility index (Phi) is 4.23. The molecule has 18 heavy (non-hydrogen) atoms. The molecule has 0 aliphatic carbocycles. The largest absolute Gasteiger partial charge is 0.388 e. The summed E-state index contributed by atoms with van der Waals surface area (Å²) in [6.07, 6.45) is -0.404. The van der Waals surface area contributed by atoms with Gasteiger partial charge >= 0.3 is 0 Å². The second kappa shape index (κ2) is 5.70. The number of halogens is 3. The van der Waals surface area contributed by atoms with Gasteiger partial charge in [-0.3, -0.25) is 0 Å². The Morgan fingerprint density at radius 1 is 1.06 bits per heavy atom. The Morgan fingerprint density at radius 2 is 1.83 bits per heavy atom. The molecule has 0 saturated heterocycles. The van der Waals surface area contributed by atoms with E-state index in [4.69, 9.17) is 23.2 Å². The van der Waals surface area contributed by atoms with Gasteiger partial charge in [-0.1, -0.05) is 41.4 Å². The maximum atomic E-state index is 13.0. The van der Waals surface area contributed by atoms with Gasteiger partial charge in [-0.2, -0.15) is 0 Å². The summed E-state index contributed by atoms with van der Waals surface area (Å²) in [4.78, 5) is 0. The average molecular weight is 285 g/mol. The minimum absolute atomic E-state index is 0.360. The third-order valence-electron chi connectivity index (χ3n) is 2.65. The van der Waals surface area contributed by atoms with Crippen LogP contribution in [0.4, 0.5) is 4.39 Å². The zero-order chi connectivity index (χ0) is 13.1. The molecule has 0 spiro atoms. The van der Waals surface area contributed by atoms with E-state index in [2.05, 4.69) is 0 Å². The Labute approximate surface area is 115 Å². The van der Waals surface area contributed by atoms with Crippen molar-refractivity contribution in [2.75, 3.05) is 0 Å². The van der Waals surface area contributed by atoms with Crippen molar-refractivity contribution in [2.45, 2.75) is 12.5 Å². The van der Waals surface area contributed by atoms with E-state index in [9.17, 15) is 9.50 Å². The van der Waals surface area contributed by atoms with Crippen LogP contribution in [0.5, 0.6) is 0 Å². The number of benzene rings is 2. The van der Waals surface area contributed by atoms with Crippen LogP contribution in [-0.2, 0) is 6.42 Å². The zero-order valence-electron chi connectivity index (χ0n) is 9.41. The predicted octanol–water partition coefficient (Wildman–Crippen LogP) is 4.41. The van der Waals surface area contributed by atoms with Crippen LogP contribution in [0.1, 0.15) is 17.2 Å². The topological polar surface area (TPSA) is 20.2 Å². The lowest BCUT2D eigenvalue weighted by Crippen LogP contribution is -2.02. The highest BCUT2D eigenvalue weighted by atomic mass is 35.5. The second-order valence-corrected chi connectivity index (χ2v) is 4.84. The second-order valence-electron chi connectivity index (χ2n) is 4.02. The van der Waals surface area contributed by atoms with Crippen LogP contribution >= 0.6 is 23.2 Å². The number of hydrogen-bond acceptors (Lipinski definition) is 1. The van der Waals surface area contributed by atoms with Gasteiger partial charge in [-0.05, 0) is 35.4 Å². The lowest BCUT2D eigenvalue weighted by atomic mass is 10.0. The van der Waals surface area contributed by atoms with Crippen LogP contribution in [0.25, 0.3) is 0 Å². The highest BCUT2D eigenvalue weighted by Gasteiger charge is 2.10. The van der Waals surface area contributed by atoms with Gasteiger partial charge in [0.15, 0.2) is 0 Å². The summed E-state index contributed by atoms with van der Waals surface area (Å²) in [5, 5.41) is 10.9. The van der Waals surface area contributed by atoms with E-state index in [1.54, 1.807) is 30.3 Å². The van der Waals surface area contributed by atoms with Gasteiger partial charge in [0, 0.05) is 6.42 Å². The number of aliphatic hydroxyl groups excluding tert-OH is 1. The molecule has 1 N–H and O–H groups in total. The summed E-state index contributed by atoms with van der Waals surface area (Å²) in [6.45, 7) is 0. The lowest BCUT2D eigenvalue weighted by Gasteiger charge is -2.11. The van der Waals surface area contributed by atoms with Gasteiger partial charge in [0.05, 0.1) is 16.1 Å². The van der Waals surface area contributed by atoms with Crippen molar-refractivity contribution >= 4 is 23.2 Å². The molecule has 0 aromatic heterocycles. The van der Waals surface area contributed by atoms with Gasteiger partial charge in [0.2, 0.25) is 0 Å². The highest BCUT2D eigenvalue weighted by molar-refractivity contribution is 6.42. The Bertz CT molecular complexity index is 557.